The zero-order valence-corrected chi connectivity index (χ0v) is 13.3. The summed E-state index contributed by atoms with van der Waals surface area (Å²) in [6, 6.07) is 4.89. The van der Waals surface area contributed by atoms with Gasteiger partial charge in [-0.15, -0.1) is 12.4 Å². The predicted octanol–water partition coefficient (Wildman–Crippen LogP) is 2.06. The second-order valence-corrected chi connectivity index (χ2v) is 5.29. The highest BCUT2D eigenvalue weighted by atomic mass is 35.5. The van der Waals surface area contributed by atoms with Crippen LogP contribution in [-0.4, -0.2) is 32.0 Å². The Kier molecular flexibility index (Phi) is 6.95. The number of carbonyl (C=O) groups is 2. The molecular formula is C14H19Cl2N3O2. The molecule has 1 unspecified atom stereocenters. The third-order valence-electron chi connectivity index (χ3n) is 3.36. The van der Waals surface area contributed by atoms with Gasteiger partial charge in [-0.3, -0.25) is 9.59 Å². The van der Waals surface area contributed by atoms with E-state index < -0.39 is 0 Å². The van der Waals surface area contributed by atoms with E-state index in [2.05, 4.69) is 16.0 Å². The monoisotopic (exact) mass is 331 g/mol. The summed E-state index contributed by atoms with van der Waals surface area (Å²) in [5.74, 6) is 0.0793. The first-order valence-electron chi connectivity index (χ1n) is 6.62. The number of benzene rings is 1. The second-order valence-electron chi connectivity index (χ2n) is 4.88. The van der Waals surface area contributed by atoms with Gasteiger partial charge in [0.25, 0.3) is 5.91 Å². The van der Waals surface area contributed by atoms with E-state index in [0.717, 1.165) is 19.5 Å². The predicted molar refractivity (Wildman–Crippen MR) is 86.3 cm³/mol. The number of carbonyl (C=O) groups excluding carboxylic acids is 2. The van der Waals surface area contributed by atoms with Gasteiger partial charge in [0.05, 0.1) is 10.6 Å². The van der Waals surface area contributed by atoms with Gasteiger partial charge in [-0.1, -0.05) is 11.6 Å². The zero-order chi connectivity index (χ0) is 14.5. The zero-order valence-electron chi connectivity index (χ0n) is 11.7. The van der Waals surface area contributed by atoms with Crippen molar-refractivity contribution in [1.29, 1.82) is 0 Å². The molecule has 0 saturated carbocycles. The maximum atomic E-state index is 11.9. The fourth-order valence-corrected chi connectivity index (χ4v) is 2.48. The van der Waals surface area contributed by atoms with E-state index in [9.17, 15) is 9.59 Å². The molecule has 0 aliphatic carbocycles. The molecule has 21 heavy (non-hydrogen) atoms. The van der Waals surface area contributed by atoms with Crippen LogP contribution in [0.25, 0.3) is 0 Å². The summed E-state index contributed by atoms with van der Waals surface area (Å²) in [6.45, 7) is 1.86. The molecule has 0 bridgehead atoms. The summed E-state index contributed by atoms with van der Waals surface area (Å²) in [4.78, 5) is 23.6. The second kappa shape index (κ2) is 8.22. The lowest BCUT2D eigenvalue weighted by atomic mass is 10.0. The van der Waals surface area contributed by atoms with Crippen LogP contribution in [0.1, 0.15) is 23.2 Å². The topological polar surface area (TPSA) is 70.2 Å². The van der Waals surface area contributed by atoms with Crippen molar-refractivity contribution in [3.05, 3.63) is 28.8 Å². The molecule has 1 aliphatic rings. The van der Waals surface area contributed by atoms with Gasteiger partial charge in [-0.25, -0.2) is 0 Å². The number of hydrogen-bond donors (Lipinski definition) is 3. The highest BCUT2D eigenvalue weighted by Crippen LogP contribution is 2.21. The number of amides is 2. The van der Waals surface area contributed by atoms with Gasteiger partial charge in [-0.05, 0) is 43.6 Å². The molecule has 1 saturated heterocycles. The highest BCUT2D eigenvalue weighted by molar-refractivity contribution is 6.34. The molecule has 1 fully saturated rings. The molecular weight excluding hydrogens is 313 g/mol. The van der Waals surface area contributed by atoms with Crippen LogP contribution in [-0.2, 0) is 4.79 Å². The molecule has 1 aromatic carbocycles. The Morgan fingerprint density at radius 3 is 2.81 bits per heavy atom. The normalized spacial score (nSPS) is 17.0. The van der Waals surface area contributed by atoms with Crippen LogP contribution < -0.4 is 16.0 Å². The summed E-state index contributed by atoms with van der Waals surface area (Å²) in [6.07, 6.45) is 1.52. The molecule has 116 valence electrons. The maximum Gasteiger partial charge on any atom is 0.252 e. The fourth-order valence-electron chi connectivity index (χ4n) is 2.27. The lowest BCUT2D eigenvalue weighted by molar-refractivity contribution is -0.116. The number of hydrogen-bond acceptors (Lipinski definition) is 3. The molecule has 5 nitrogen and oxygen atoms in total. The highest BCUT2D eigenvalue weighted by Gasteiger charge is 2.18. The Morgan fingerprint density at radius 2 is 2.19 bits per heavy atom. The van der Waals surface area contributed by atoms with Gasteiger partial charge in [-0.2, -0.15) is 0 Å². The molecule has 1 aromatic rings. The van der Waals surface area contributed by atoms with Crippen molar-refractivity contribution in [2.75, 3.05) is 25.5 Å². The first kappa shape index (κ1) is 17.8. The summed E-state index contributed by atoms with van der Waals surface area (Å²) in [7, 11) is 1.54. The van der Waals surface area contributed by atoms with E-state index in [-0.39, 0.29) is 24.2 Å². The quantitative estimate of drug-likeness (QED) is 0.790. The number of halogens is 2. The number of nitrogens with one attached hydrogen (secondary N) is 3. The van der Waals surface area contributed by atoms with Crippen LogP contribution >= 0.6 is 24.0 Å². The van der Waals surface area contributed by atoms with Crippen molar-refractivity contribution >= 4 is 41.5 Å². The Bertz CT molecular complexity index is 517. The molecule has 3 N–H and O–H groups in total. The summed E-state index contributed by atoms with van der Waals surface area (Å²) in [5.41, 5.74) is 0.943. The van der Waals surface area contributed by atoms with Crippen LogP contribution in [0.15, 0.2) is 18.2 Å². The minimum atomic E-state index is -0.272. The Balaban J connectivity index is 0.00000220. The lowest BCUT2D eigenvalue weighted by Gasteiger charge is -2.11. The summed E-state index contributed by atoms with van der Waals surface area (Å²) >= 11 is 5.96. The molecule has 1 aliphatic heterocycles. The Hall–Kier alpha value is -1.30. The molecule has 0 radical (unpaired) electrons. The fraction of sp³-hybridized carbons (Fsp3) is 0.429. The van der Waals surface area contributed by atoms with Gasteiger partial charge in [0.1, 0.15) is 0 Å². The lowest BCUT2D eigenvalue weighted by Crippen LogP contribution is -2.20. The minimum absolute atomic E-state index is 0. The van der Waals surface area contributed by atoms with Crippen molar-refractivity contribution in [3.63, 3.8) is 0 Å². The van der Waals surface area contributed by atoms with Gasteiger partial charge < -0.3 is 16.0 Å². The molecule has 2 amide bonds. The molecule has 1 atom stereocenters. The van der Waals surface area contributed by atoms with E-state index in [1.165, 1.54) is 7.05 Å². The van der Waals surface area contributed by atoms with Crippen molar-refractivity contribution in [1.82, 2.24) is 10.6 Å². The summed E-state index contributed by atoms with van der Waals surface area (Å²) in [5, 5.41) is 8.92. The summed E-state index contributed by atoms with van der Waals surface area (Å²) < 4.78 is 0. The smallest absolute Gasteiger partial charge is 0.252 e. The third kappa shape index (κ3) is 4.88. The van der Waals surface area contributed by atoms with Crippen LogP contribution in [0.4, 0.5) is 5.69 Å². The van der Waals surface area contributed by atoms with Gasteiger partial charge in [0.2, 0.25) is 5.91 Å². The molecule has 2 rings (SSSR count). The SMILES string of the molecule is CNC(=O)c1cc(NC(=O)CC2CCNC2)ccc1Cl.Cl. The van der Waals surface area contributed by atoms with Crippen molar-refractivity contribution < 1.29 is 9.59 Å². The van der Waals surface area contributed by atoms with Crippen molar-refractivity contribution in [2.45, 2.75) is 12.8 Å². The van der Waals surface area contributed by atoms with E-state index >= 15 is 0 Å². The van der Waals surface area contributed by atoms with E-state index in [4.69, 9.17) is 11.6 Å². The van der Waals surface area contributed by atoms with Crippen LogP contribution in [0.3, 0.4) is 0 Å². The molecule has 7 heteroatoms. The number of anilines is 1. The first-order chi connectivity index (χ1) is 9.60. The molecule has 0 aromatic heterocycles. The average molecular weight is 332 g/mol. The average Bonchev–Trinajstić information content (AvgIpc) is 2.92. The largest absolute Gasteiger partial charge is 0.355 e. The van der Waals surface area contributed by atoms with Crippen molar-refractivity contribution in [2.24, 2.45) is 5.92 Å². The van der Waals surface area contributed by atoms with Crippen LogP contribution in [0.5, 0.6) is 0 Å². The maximum absolute atomic E-state index is 11.9. The first-order valence-corrected chi connectivity index (χ1v) is 7.00. The van der Waals surface area contributed by atoms with E-state index in [1.807, 2.05) is 0 Å². The van der Waals surface area contributed by atoms with Crippen LogP contribution in [0, 0.1) is 5.92 Å². The third-order valence-corrected chi connectivity index (χ3v) is 3.69. The van der Waals surface area contributed by atoms with E-state index in [0.29, 0.717) is 28.6 Å². The van der Waals surface area contributed by atoms with Crippen LogP contribution in [0.2, 0.25) is 5.02 Å². The van der Waals surface area contributed by atoms with Gasteiger partial charge >= 0.3 is 0 Å². The number of rotatable bonds is 4. The standard InChI is InChI=1S/C14H18ClN3O2.ClH/c1-16-14(20)11-7-10(2-3-12(11)15)18-13(19)6-9-4-5-17-8-9;/h2-3,7,9,17H,4-6,8H2,1H3,(H,16,20)(H,18,19);1H. The Labute approximate surface area is 135 Å². The van der Waals surface area contributed by atoms with Crippen molar-refractivity contribution in [3.8, 4) is 0 Å². The van der Waals surface area contributed by atoms with Gasteiger partial charge in [0, 0.05) is 19.2 Å². The molecule has 0 spiro atoms. The Morgan fingerprint density at radius 1 is 1.43 bits per heavy atom. The minimum Gasteiger partial charge on any atom is -0.355 e. The molecule has 1 heterocycles. The van der Waals surface area contributed by atoms with E-state index in [1.54, 1.807) is 18.2 Å². The van der Waals surface area contributed by atoms with Gasteiger partial charge in [0.15, 0.2) is 0 Å².